The molecule has 5 rings (SSSR count). The van der Waals surface area contributed by atoms with Gasteiger partial charge in [0.15, 0.2) is 11.5 Å². The van der Waals surface area contributed by atoms with E-state index in [0.717, 1.165) is 28.0 Å². The van der Waals surface area contributed by atoms with Gasteiger partial charge < -0.3 is 10.6 Å². The van der Waals surface area contributed by atoms with Crippen LogP contribution in [0.25, 0.3) is 22.3 Å². The van der Waals surface area contributed by atoms with Crippen LogP contribution in [0.2, 0.25) is 0 Å². The monoisotopic (exact) mass is 370 g/mol. The fourth-order valence-corrected chi connectivity index (χ4v) is 3.58. The highest BCUT2D eigenvalue weighted by atomic mass is 16.1. The van der Waals surface area contributed by atoms with E-state index in [0.29, 0.717) is 30.0 Å². The Morgan fingerprint density at radius 3 is 2.86 bits per heavy atom. The summed E-state index contributed by atoms with van der Waals surface area (Å²) in [6, 6.07) is 15.7. The van der Waals surface area contributed by atoms with Crippen molar-refractivity contribution in [2.24, 2.45) is 7.05 Å². The Hall–Kier alpha value is -3.74. The van der Waals surface area contributed by atoms with E-state index in [1.807, 2.05) is 55.6 Å². The van der Waals surface area contributed by atoms with Gasteiger partial charge in [-0.3, -0.25) is 9.78 Å². The molecule has 7 heteroatoms. The molecule has 4 aromatic rings. The normalized spacial score (nSPS) is 13.2. The standard InChI is InChI=1S/C21H18N6O/c1-27-20-14(8-5-10-22-20)19(26-27)25-17-12-16(13-6-3-2-4-7-13)24-15-9-11-23-21(28)18(15)17/h2-8,10,12H,9,11H2,1H3,(H,23,28)(H,24,25,26). The molecule has 4 heterocycles. The minimum atomic E-state index is -0.116. The SMILES string of the molecule is Cn1nc(Nc2cc(-c3ccccc3)nc3c2C(=O)NCC3)c2cccnc21. The van der Waals surface area contributed by atoms with Gasteiger partial charge >= 0.3 is 0 Å². The summed E-state index contributed by atoms with van der Waals surface area (Å²) in [5.41, 5.74) is 4.69. The minimum Gasteiger partial charge on any atom is -0.352 e. The summed E-state index contributed by atoms with van der Waals surface area (Å²) < 4.78 is 1.73. The number of nitrogens with one attached hydrogen (secondary N) is 2. The van der Waals surface area contributed by atoms with Crippen LogP contribution in [-0.2, 0) is 13.5 Å². The van der Waals surface area contributed by atoms with E-state index in [-0.39, 0.29) is 5.91 Å². The summed E-state index contributed by atoms with van der Waals surface area (Å²) in [6.07, 6.45) is 2.43. The van der Waals surface area contributed by atoms with Crippen LogP contribution in [0.4, 0.5) is 11.5 Å². The van der Waals surface area contributed by atoms with Crippen LogP contribution < -0.4 is 10.6 Å². The van der Waals surface area contributed by atoms with Crippen molar-refractivity contribution in [3.8, 4) is 11.3 Å². The largest absolute Gasteiger partial charge is 0.352 e. The summed E-state index contributed by atoms with van der Waals surface area (Å²) in [7, 11) is 1.85. The number of carbonyl (C=O) groups excluding carboxylic acids is 1. The molecule has 28 heavy (non-hydrogen) atoms. The third-order valence-electron chi connectivity index (χ3n) is 4.89. The molecule has 0 atom stereocenters. The molecule has 1 aromatic carbocycles. The quantitative estimate of drug-likeness (QED) is 0.579. The second-order valence-corrected chi connectivity index (χ2v) is 6.72. The first kappa shape index (κ1) is 16.4. The van der Waals surface area contributed by atoms with E-state index < -0.39 is 0 Å². The van der Waals surface area contributed by atoms with E-state index in [9.17, 15) is 4.79 Å². The van der Waals surface area contributed by atoms with Crippen molar-refractivity contribution in [3.63, 3.8) is 0 Å². The zero-order valence-electron chi connectivity index (χ0n) is 15.3. The number of carbonyl (C=O) groups is 1. The Balaban J connectivity index is 1.68. The second kappa shape index (κ2) is 6.45. The zero-order chi connectivity index (χ0) is 19.1. The van der Waals surface area contributed by atoms with Gasteiger partial charge in [0.05, 0.1) is 28.0 Å². The van der Waals surface area contributed by atoms with Crippen LogP contribution >= 0.6 is 0 Å². The summed E-state index contributed by atoms with van der Waals surface area (Å²) in [5, 5.41) is 11.7. The second-order valence-electron chi connectivity index (χ2n) is 6.72. The molecule has 1 aliphatic heterocycles. The molecule has 0 saturated carbocycles. The van der Waals surface area contributed by atoms with Gasteiger partial charge in [-0.1, -0.05) is 30.3 Å². The Kier molecular flexibility index (Phi) is 3.79. The molecule has 0 radical (unpaired) electrons. The fraction of sp³-hybridized carbons (Fsp3) is 0.143. The number of anilines is 2. The molecule has 0 fully saturated rings. The van der Waals surface area contributed by atoms with Crippen LogP contribution in [0, 0.1) is 0 Å². The van der Waals surface area contributed by atoms with E-state index in [4.69, 9.17) is 4.98 Å². The van der Waals surface area contributed by atoms with E-state index in [1.165, 1.54) is 0 Å². The minimum absolute atomic E-state index is 0.116. The Labute approximate surface area is 161 Å². The first-order chi connectivity index (χ1) is 13.7. The summed E-state index contributed by atoms with van der Waals surface area (Å²) in [4.78, 5) is 21.7. The zero-order valence-corrected chi connectivity index (χ0v) is 15.3. The predicted molar refractivity (Wildman–Crippen MR) is 108 cm³/mol. The number of benzene rings is 1. The smallest absolute Gasteiger partial charge is 0.255 e. The molecule has 0 bridgehead atoms. The van der Waals surface area contributed by atoms with Gasteiger partial charge in [0.2, 0.25) is 0 Å². The number of pyridine rings is 2. The number of aromatic nitrogens is 4. The number of hydrogen-bond donors (Lipinski definition) is 2. The molecule has 7 nitrogen and oxygen atoms in total. The van der Waals surface area contributed by atoms with Crippen LogP contribution in [0.3, 0.4) is 0 Å². The predicted octanol–water partition coefficient (Wildman–Crippen LogP) is 3.06. The van der Waals surface area contributed by atoms with Gasteiger partial charge in [-0.15, -0.1) is 0 Å². The van der Waals surface area contributed by atoms with E-state index in [1.54, 1.807) is 10.9 Å². The van der Waals surface area contributed by atoms with Crippen molar-refractivity contribution in [3.05, 3.63) is 66.0 Å². The molecular formula is C21H18N6O. The van der Waals surface area contributed by atoms with Crippen molar-refractivity contribution < 1.29 is 4.79 Å². The first-order valence-corrected chi connectivity index (χ1v) is 9.13. The van der Waals surface area contributed by atoms with Crippen molar-refractivity contribution in [2.45, 2.75) is 6.42 Å². The number of nitrogens with zero attached hydrogens (tertiary/aromatic N) is 4. The summed E-state index contributed by atoms with van der Waals surface area (Å²) in [5.74, 6) is 0.547. The van der Waals surface area contributed by atoms with Crippen molar-refractivity contribution >= 4 is 28.4 Å². The van der Waals surface area contributed by atoms with Crippen molar-refractivity contribution in [1.29, 1.82) is 0 Å². The third-order valence-corrected chi connectivity index (χ3v) is 4.89. The van der Waals surface area contributed by atoms with Crippen LogP contribution in [0.5, 0.6) is 0 Å². The number of fused-ring (bicyclic) bond motifs is 2. The summed E-state index contributed by atoms with van der Waals surface area (Å²) in [6.45, 7) is 0.590. The molecule has 0 aliphatic carbocycles. The van der Waals surface area contributed by atoms with Gasteiger partial charge in [0.1, 0.15) is 0 Å². The maximum atomic E-state index is 12.6. The van der Waals surface area contributed by atoms with Crippen molar-refractivity contribution in [2.75, 3.05) is 11.9 Å². The maximum Gasteiger partial charge on any atom is 0.255 e. The molecule has 1 amide bonds. The number of amides is 1. The molecule has 0 spiro atoms. The average Bonchev–Trinajstić information content (AvgIpc) is 3.04. The number of aryl methyl sites for hydroxylation is 1. The highest BCUT2D eigenvalue weighted by Gasteiger charge is 2.24. The average molecular weight is 370 g/mol. The molecule has 3 aromatic heterocycles. The maximum absolute atomic E-state index is 12.6. The first-order valence-electron chi connectivity index (χ1n) is 9.13. The lowest BCUT2D eigenvalue weighted by molar-refractivity contribution is 0.0946. The van der Waals surface area contributed by atoms with Crippen LogP contribution in [-0.4, -0.2) is 32.2 Å². The lowest BCUT2D eigenvalue weighted by Gasteiger charge is -2.20. The number of rotatable bonds is 3. The molecular weight excluding hydrogens is 352 g/mol. The van der Waals surface area contributed by atoms with E-state index >= 15 is 0 Å². The highest BCUT2D eigenvalue weighted by Crippen LogP contribution is 2.32. The van der Waals surface area contributed by atoms with Gasteiger partial charge in [0, 0.05) is 31.8 Å². The van der Waals surface area contributed by atoms with Crippen molar-refractivity contribution in [1.82, 2.24) is 25.1 Å². The van der Waals surface area contributed by atoms with Crippen LogP contribution in [0.1, 0.15) is 16.1 Å². The van der Waals surface area contributed by atoms with E-state index in [2.05, 4.69) is 20.7 Å². The molecule has 2 N–H and O–H groups in total. The lowest BCUT2D eigenvalue weighted by atomic mass is 10.0. The Morgan fingerprint density at radius 2 is 2.00 bits per heavy atom. The molecule has 1 aliphatic rings. The molecule has 0 unspecified atom stereocenters. The van der Waals surface area contributed by atoms with Crippen LogP contribution in [0.15, 0.2) is 54.7 Å². The topological polar surface area (TPSA) is 84.7 Å². The summed E-state index contributed by atoms with van der Waals surface area (Å²) >= 11 is 0. The van der Waals surface area contributed by atoms with Gasteiger partial charge in [-0.2, -0.15) is 5.10 Å². The number of hydrogen-bond acceptors (Lipinski definition) is 5. The Morgan fingerprint density at radius 1 is 1.14 bits per heavy atom. The van der Waals surface area contributed by atoms with Gasteiger partial charge in [-0.05, 0) is 18.2 Å². The molecule has 0 saturated heterocycles. The third kappa shape index (κ3) is 2.68. The van der Waals surface area contributed by atoms with Gasteiger partial charge in [0.25, 0.3) is 5.91 Å². The Bertz CT molecular complexity index is 1200. The fourth-order valence-electron chi connectivity index (χ4n) is 3.58. The lowest BCUT2D eigenvalue weighted by Crippen LogP contribution is -2.33. The molecule has 138 valence electrons. The van der Waals surface area contributed by atoms with Gasteiger partial charge in [-0.25, -0.2) is 9.67 Å². The highest BCUT2D eigenvalue weighted by molar-refractivity contribution is 6.03.